The van der Waals surface area contributed by atoms with Gasteiger partial charge in [-0.3, -0.25) is 0 Å². The molecular formula is H3AlO9P3. The van der Waals surface area contributed by atoms with E-state index >= 15 is 0 Å². The van der Waals surface area contributed by atoms with Crippen LogP contribution in [0.25, 0.3) is 0 Å². The number of hydrogen-bond acceptors (Lipinski definition) is 6. The average molecular weight is 267 g/mol. The second kappa shape index (κ2) is 3.86. The zero-order chi connectivity index (χ0) is 9.62. The van der Waals surface area contributed by atoms with E-state index in [1.807, 2.05) is 0 Å². The lowest BCUT2D eigenvalue weighted by Crippen LogP contribution is -2.02. The third kappa shape index (κ3) is 4.35. The van der Waals surface area contributed by atoms with Crippen LogP contribution in [0.3, 0.4) is 0 Å². The summed E-state index contributed by atoms with van der Waals surface area (Å²) in [5.41, 5.74) is 0. The molecule has 0 aromatic carbocycles. The van der Waals surface area contributed by atoms with Crippen LogP contribution in [0.1, 0.15) is 0 Å². The summed E-state index contributed by atoms with van der Waals surface area (Å²) < 4.78 is 41.6. The first-order chi connectivity index (χ1) is 5.12. The highest BCUT2D eigenvalue weighted by Crippen LogP contribution is 2.78. The van der Waals surface area contributed by atoms with E-state index in [9.17, 15) is 13.7 Å². The zero-order valence-electron chi connectivity index (χ0n) is 5.71. The van der Waals surface area contributed by atoms with E-state index in [0.717, 1.165) is 0 Å². The van der Waals surface area contributed by atoms with Gasteiger partial charge in [0.15, 0.2) is 0 Å². The molecule has 1 aliphatic rings. The average Bonchev–Trinajstić information content (AvgIpc) is 1.44. The fraction of sp³-hybridized carbons (Fsp3) is 0. The summed E-state index contributed by atoms with van der Waals surface area (Å²) in [5, 5.41) is 0. The molecule has 3 N–H and O–H groups in total. The van der Waals surface area contributed by atoms with E-state index < -0.39 is 23.5 Å². The molecular weight excluding hydrogens is 264 g/mol. The minimum Gasteiger partial charge on any atom is -0.302 e. The third-order valence-electron chi connectivity index (χ3n) is 0.619. The fourth-order valence-electron chi connectivity index (χ4n) is 0.436. The Balaban J connectivity index is 0.00000144. The quantitative estimate of drug-likeness (QED) is 0.407. The summed E-state index contributed by atoms with van der Waals surface area (Å²) in [4.78, 5) is 25.2. The van der Waals surface area contributed by atoms with Crippen LogP contribution < -0.4 is 0 Å². The molecule has 13 heteroatoms. The molecule has 1 aliphatic heterocycles. The van der Waals surface area contributed by atoms with Crippen molar-refractivity contribution in [2.45, 2.75) is 0 Å². The van der Waals surface area contributed by atoms with Crippen molar-refractivity contribution < 1.29 is 41.3 Å². The van der Waals surface area contributed by atoms with Gasteiger partial charge in [0.2, 0.25) is 0 Å². The fourth-order valence-corrected chi connectivity index (χ4v) is 4.73. The van der Waals surface area contributed by atoms with Crippen LogP contribution in [0.2, 0.25) is 0 Å². The van der Waals surface area contributed by atoms with Crippen molar-refractivity contribution in [2.24, 2.45) is 0 Å². The Morgan fingerprint density at radius 3 is 1.00 bits per heavy atom. The number of phosphoric acid groups is 3. The molecule has 3 radical (unpaired) electrons. The van der Waals surface area contributed by atoms with Gasteiger partial charge in [0.05, 0.1) is 0 Å². The van der Waals surface area contributed by atoms with Gasteiger partial charge in [0.1, 0.15) is 0 Å². The van der Waals surface area contributed by atoms with Crippen LogP contribution >= 0.6 is 23.5 Å². The SMILES string of the molecule is O=P1(O)OP(=O)(O)OP(=O)(O)O1.[Al]. The summed E-state index contributed by atoms with van der Waals surface area (Å²) in [7, 11) is -14.9. The molecule has 1 heterocycles. The summed E-state index contributed by atoms with van der Waals surface area (Å²) in [5.74, 6) is 0. The Labute approximate surface area is 82.6 Å². The van der Waals surface area contributed by atoms with Gasteiger partial charge in [-0.25, -0.2) is 13.7 Å². The highest BCUT2D eigenvalue weighted by Gasteiger charge is 2.52. The van der Waals surface area contributed by atoms with Gasteiger partial charge < -0.3 is 14.7 Å². The van der Waals surface area contributed by atoms with E-state index in [1.165, 1.54) is 0 Å². The minimum absolute atomic E-state index is 0. The Morgan fingerprint density at radius 2 is 0.846 bits per heavy atom. The highest BCUT2D eigenvalue weighted by atomic mass is 31.3. The molecule has 0 aromatic rings. The summed E-state index contributed by atoms with van der Waals surface area (Å²) >= 11 is 0. The van der Waals surface area contributed by atoms with Crippen molar-refractivity contribution in [2.75, 3.05) is 0 Å². The maximum Gasteiger partial charge on any atom is 0.490 e. The molecule has 0 saturated carbocycles. The molecule has 1 rings (SSSR count). The topological polar surface area (TPSA) is 140 Å². The van der Waals surface area contributed by atoms with Crippen LogP contribution in [0.4, 0.5) is 0 Å². The lowest BCUT2D eigenvalue weighted by Gasteiger charge is -2.23. The predicted octanol–water partition coefficient (Wildman–Crippen LogP) is -0.0298. The molecule has 75 valence electrons. The first-order valence-corrected chi connectivity index (χ1v) is 6.73. The first kappa shape index (κ1) is 14.0. The minimum atomic E-state index is -4.98. The summed E-state index contributed by atoms with van der Waals surface area (Å²) in [6, 6.07) is 0. The van der Waals surface area contributed by atoms with E-state index in [4.69, 9.17) is 14.7 Å². The lowest BCUT2D eigenvalue weighted by atomic mass is 15.6. The molecule has 1 saturated heterocycles. The molecule has 1 fully saturated rings. The Bertz CT molecular complexity index is 259. The van der Waals surface area contributed by atoms with Gasteiger partial charge in [0.25, 0.3) is 0 Å². The number of rotatable bonds is 0. The standard InChI is InChI=1S/Al.H3O9P3/c;1-10(2)7-11(3,4)9-12(5,6)8-10/h;(H,1,2)(H,3,4)(H,5,6). The maximum atomic E-state index is 10.4. The van der Waals surface area contributed by atoms with Gasteiger partial charge in [-0.1, -0.05) is 0 Å². The van der Waals surface area contributed by atoms with E-state index in [2.05, 4.69) is 12.9 Å². The predicted molar refractivity (Wildman–Crippen MR) is 38.5 cm³/mol. The van der Waals surface area contributed by atoms with Gasteiger partial charge in [0, 0.05) is 17.4 Å². The van der Waals surface area contributed by atoms with Crippen molar-refractivity contribution in [3.8, 4) is 0 Å². The van der Waals surface area contributed by atoms with Gasteiger partial charge in [-0.05, 0) is 0 Å². The normalized spacial score (nSPS) is 51.0. The van der Waals surface area contributed by atoms with Gasteiger partial charge in [-0.15, -0.1) is 0 Å². The molecule has 0 amide bonds. The van der Waals surface area contributed by atoms with Crippen LogP contribution in [0, 0.1) is 0 Å². The van der Waals surface area contributed by atoms with Crippen molar-refractivity contribution in [1.29, 1.82) is 0 Å². The molecule has 0 bridgehead atoms. The molecule has 0 aliphatic carbocycles. The second-order valence-corrected chi connectivity index (χ2v) is 6.42. The Morgan fingerprint density at radius 1 is 0.692 bits per heavy atom. The van der Waals surface area contributed by atoms with Crippen LogP contribution in [0.5, 0.6) is 0 Å². The smallest absolute Gasteiger partial charge is 0.302 e. The summed E-state index contributed by atoms with van der Waals surface area (Å²) in [6.45, 7) is 0. The summed E-state index contributed by atoms with van der Waals surface area (Å²) in [6.07, 6.45) is 0. The Kier molecular flexibility index (Phi) is 4.15. The molecule has 0 unspecified atom stereocenters. The molecule has 9 nitrogen and oxygen atoms in total. The van der Waals surface area contributed by atoms with Crippen LogP contribution in [-0.4, -0.2) is 32.0 Å². The monoisotopic (exact) mass is 267 g/mol. The highest BCUT2D eigenvalue weighted by molar-refractivity contribution is 7.74. The van der Waals surface area contributed by atoms with Crippen molar-refractivity contribution >= 4 is 40.8 Å². The second-order valence-electron chi connectivity index (χ2n) is 1.65. The van der Waals surface area contributed by atoms with E-state index in [0.29, 0.717) is 0 Å². The first-order valence-electron chi connectivity index (χ1n) is 2.24. The molecule has 13 heavy (non-hydrogen) atoms. The third-order valence-corrected chi connectivity index (χ3v) is 5.57. The zero-order valence-corrected chi connectivity index (χ0v) is 9.55. The van der Waals surface area contributed by atoms with Gasteiger partial charge in [-0.2, -0.15) is 12.9 Å². The molecule has 0 spiro atoms. The Hall–Kier alpha value is 0.982. The van der Waals surface area contributed by atoms with Crippen molar-refractivity contribution in [3.05, 3.63) is 0 Å². The maximum absolute atomic E-state index is 10.4. The van der Waals surface area contributed by atoms with E-state index in [-0.39, 0.29) is 17.4 Å². The van der Waals surface area contributed by atoms with E-state index in [1.54, 1.807) is 0 Å². The van der Waals surface area contributed by atoms with Crippen molar-refractivity contribution in [1.82, 2.24) is 0 Å². The van der Waals surface area contributed by atoms with Crippen molar-refractivity contribution in [3.63, 3.8) is 0 Å². The van der Waals surface area contributed by atoms with Gasteiger partial charge >= 0.3 is 23.5 Å². The molecule has 0 aromatic heterocycles. The molecule has 0 atom stereocenters. The lowest BCUT2D eigenvalue weighted by molar-refractivity contribution is 0.163. The largest absolute Gasteiger partial charge is 0.490 e. The van der Waals surface area contributed by atoms with Crippen LogP contribution in [0.15, 0.2) is 0 Å². The van der Waals surface area contributed by atoms with Crippen LogP contribution in [-0.2, 0) is 26.6 Å². The number of hydrogen-bond donors (Lipinski definition) is 3.